The van der Waals surface area contributed by atoms with Gasteiger partial charge in [-0.1, -0.05) is 35.9 Å². The van der Waals surface area contributed by atoms with Crippen molar-refractivity contribution in [1.82, 2.24) is 14.7 Å². The fraction of sp³-hybridized carbons (Fsp3) is 0.125. The summed E-state index contributed by atoms with van der Waals surface area (Å²) in [7, 11) is 1.58. The van der Waals surface area contributed by atoms with Gasteiger partial charge in [0.05, 0.1) is 30.6 Å². The summed E-state index contributed by atoms with van der Waals surface area (Å²) in [5.41, 5.74) is 2.80. The van der Waals surface area contributed by atoms with Crippen LogP contribution in [0.15, 0.2) is 97.1 Å². The van der Waals surface area contributed by atoms with Crippen molar-refractivity contribution in [2.24, 2.45) is 0 Å². The minimum Gasteiger partial charge on any atom is -0.497 e. The third kappa shape index (κ3) is 6.56. The average Bonchev–Trinajstić information content (AvgIpc) is 3.28. The molecule has 0 unspecified atom stereocenters. The Morgan fingerprint density at radius 2 is 1.59 bits per heavy atom. The Labute approximate surface area is 241 Å². The molecule has 0 fully saturated rings. The number of nitrogens with zero attached hydrogens (tertiary/aromatic N) is 3. The van der Waals surface area contributed by atoms with Crippen molar-refractivity contribution < 1.29 is 23.0 Å². The fourth-order valence-corrected chi connectivity index (χ4v) is 4.55. The molecule has 0 spiro atoms. The van der Waals surface area contributed by atoms with Crippen LogP contribution in [0.5, 0.6) is 17.4 Å². The van der Waals surface area contributed by atoms with Gasteiger partial charge >= 0.3 is 0 Å². The molecule has 6 nitrogen and oxygen atoms in total. The minimum absolute atomic E-state index is 0.0740. The summed E-state index contributed by atoms with van der Waals surface area (Å²) >= 11 is 6.29. The van der Waals surface area contributed by atoms with Crippen LogP contribution in [0, 0.1) is 18.6 Å². The second-order valence-electron chi connectivity index (χ2n) is 9.34. The van der Waals surface area contributed by atoms with Gasteiger partial charge < -0.3 is 14.4 Å². The molecular weight excluding hydrogens is 548 g/mol. The monoisotopic (exact) mass is 573 g/mol. The highest BCUT2D eigenvalue weighted by atomic mass is 35.5. The first kappa shape index (κ1) is 27.9. The van der Waals surface area contributed by atoms with E-state index in [9.17, 15) is 13.6 Å². The molecule has 0 radical (unpaired) electrons. The zero-order valence-corrected chi connectivity index (χ0v) is 23.1. The Morgan fingerprint density at radius 1 is 0.878 bits per heavy atom. The number of hydrogen-bond acceptors (Lipinski definition) is 4. The number of amides is 1. The number of carbonyl (C=O) groups is 1. The van der Waals surface area contributed by atoms with Crippen molar-refractivity contribution in [2.45, 2.75) is 20.0 Å². The van der Waals surface area contributed by atoms with Crippen LogP contribution in [0.2, 0.25) is 5.02 Å². The minimum atomic E-state index is -0.522. The Hall–Kier alpha value is -4.69. The van der Waals surface area contributed by atoms with Crippen LogP contribution in [-0.4, -0.2) is 27.7 Å². The fourth-order valence-electron chi connectivity index (χ4n) is 4.37. The van der Waals surface area contributed by atoms with E-state index >= 15 is 0 Å². The number of hydrogen-bond donors (Lipinski definition) is 0. The van der Waals surface area contributed by atoms with Gasteiger partial charge in [-0.25, -0.2) is 13.5 Å². The van der Waals surface area contributed by atoms with E-state index in [1.165, 1.54) is 30.3 Å². The van der Waals surface area contributed by atoms with Gasteiger partial charge in [-0.2, -0.15) is 5.10 Å². The van der Waals surface area contributed by atoms with Gasteiger partial charge in [0.2, 0.25) is 5.88 Å². The van der Waals surface area contributed by atoms with Crippen molar-refractivity contribution in [3.05, 3.63) is 136 Å². The Morgan fingerprint density at radius 3 is 2.27 bits per heavy atom. The predicted octanol–water partition coefficient (Wildman–Crippen LogP) is 7.76. The summed E-state index contributed by atoms with van der Waals surface area (Å²) in [5.74, 6) is 0.266. The Balaban J connectivity index is 1.59. The molecule has 9 heteroatoms. The second-order valence-corrected chi connectivity index (χ2v) is 9.77. The van der Waals surface area contributed by atoms with Gasteiger partial charge in [0.1, 0.15) is 23.1 Å². The van der Waals surface area contributed by atoms with Gasteiger partial charge in [-0.3, -0.25) is 4.79 Å². The summed E-state index contributed by atoms with van der Waals surface area (Å²) in [6.45, 7) is 2.03. The quantitative estimate of drug-likeness (QED) is 0.181. The van der Waals surface area contributed by atoms with Crippen LogP contribution in [0.1, 0.15) is 27.2 Å². The molecule has 1 heterocycles. The van der Waals surface area contributed by atoms with E-state index in [1.807, 2.05) is 13.0 Å². The molecule has 5 aromatic rings. The van der Waals surface area contributed by atoms with Crippen molar-refractivity contribution >= 4 is 17.5 Å². The lowest BCUT2D eigenvalue weighted by atomic mass is 10.1. The largest absolute Gasteiger partial charge is 0.497 e. The number of aromatic nitrogens is 2. The maximum Gasteiger partial charge on any atom is 0.254 e. The molecule has 5 rings (SSSR count). The topological polar surface area (TPSA) is 56.6 Å². The molecule has 41 heavy (non-hydrogen) atoms. The second kappa shape index (κ2) is 12.2. The van der Waals surface area contributed by atoms with E-state index in [4.69, 9.17) is 26.2 Å². The van der Waals surface area contributed by atoms with Crippen LogP contribution in [0.3, 0.4) is 0 Å². The number of halogens is 3. The summed E-state index contributed by atoms with van der Waals surface area (Å²) in [5, 5.41) is 5.25. The third-order valence-electron chi connectivity index (χ3n) is 6.46. The summed E-state index contributed by atoms with van der Waals surface area (Å²) in [4.78, 5) is 15.3. The first-order valence-corrected chi connectivity index (χ1v) is 13.1. The molecule has 0 aliphatic heterocycles. The molecule has 0 atom stereocenters. The SMILES string of the molecule is COc1ccc(Oc2c(CN(Cc3ccc(F)cc3)C(=O)c3cccc(F)c3)c(C)nn2-c2cccc(Cl)c2)cc1. The van der Waals surface area contributed by atoms with Crippen LogP contribution in [-0.2, 0) is 13.1 Å². The maximum atomic E-state index is 14.1. The van der Waals surface area contributed by atoms with Gasteiger partial charge in [-0.05, 0) is 85.3 Å². The molecule has 1 amide bonds. The first-order chi connectivity index (χ1) is 19.8. The normalized spacial score (nSPS) is 10.9. The smallest absolute Gasteiger partial charge is 0.254 e. The Kier molecular flexibility index (Phi) is 8.31. The van der Waals surface area contributed by atoms with Gasteiger partial charge in [-0.15, -0.1) is 0 Å². The highest BCUT2D eigenvalue weighted by Crippen LogP contribution is 2.33. The highest BCUT2D eigenvalue weighted by Gasteiger charge is 2.25. The zero-order valence-electron chi connectivity index (χ0n) is 22.4. The van der Waals surface area contributed by atoms with Gasteiger partial charge in [0.15, 0.2) is 0 Å². The molecule has 0 saturated heterocycles. The summed E-state index contributed by atoms with van der Waals surface area (Å²) in [6.07, 6.45) is 0. The Bertz CT molecular complexity index is 1670. The average molecular weight is 574 g/mol. The molecular formula is C32H26ClF2N3O3. The number of rotatable bonds is 9. The maximum absolute atomic E-state index is 14.1. The van der Waals surface area contributed by atoms with Crippen LogP contribution >= 0.6 is 11.6 Å². The van der Waals surface area contributed by atoms with Gasteiger partial charge in [0, 0.05) is 17.1 Å². The lowest BCUT2D eigenvalue weighted by molar-refractivity contribution is 0.0728. The van der Waals surface area contributed by atoms with Crippen LogP contribution < -0.4 is 9.47 Å². The number of aryl methyl sites for hydroxylation is 1. The predicted molar refractivity (Wildman–Crippen MR) is 153 cm³/mol. The van der Waals surface area contributed by atoms with E-state index in [0.717, 1.165) is 0 Å². The first-order valence-electron chi connectivity index (χ1n) is 12.8. The molecule has 0 saturated carbocycles. The zero-order chi connectivity index (χ0) is 28.9. The lowest BCUT2D eigenvalue weighted by Gasteiger charge is -2.24. The van der Waals surface area contributed by atoms with Crippen molar-refractivity contribution in [2.75, 3.05) is 7.11 Å². The summed E-state index contributed by atoms with van der Waals surface area (Å²) < 4.78 is 41.0. The van der Waals surface area contributed by atoms with Gasteiger partial charge in [0.25, 0.3) is 5.91 Å². The highest BCUT2D eigenvalue weighted by molar-refractivity contribution is 6.30. The van der Waals surface area contributed by atoms with Crippen LogP contribution in [0.4, 0.5) is 8.78 Å². The molecule has 0 aliphatic carbocycles. The molecule has 0 N–H and O–H groups in total. The number of benzene rings is 4. The molecule has 4 aromatic carbocycles. The van der Waals surface area contributed by atoms with Crippen molar-refractivity contribution in [3.63, 3.8) is 0 Å². The number of ether oxygens (including phenoxy) is 2. The summed E-state index contributed by atoms with van der Waals surface area (Å²) in [6, 6.07) is 25.6. The molecule has 0 aliphatic rings. The van der Waals surface area contributed by atoms with E-state index in [2.05, 4.69) is 0 Å². The van der Waals surface area contributed by atoms with Crippen LogP contribution in [0.25, 0.3) is 5.69 Å². The third-order valence-corrected chi connectivity index (χ3v) is 6.69. The van der Waals surface area contributed by atoms with E-state index in [1.54, 1.807) is 77.4 Å². The van der Waals surface area contributed by atoms with Crippen molar-refractivity contribution in [1.29, 1.82) is 0 Å². The number of carbonyl (C=O) groups excluding carboxylic acids is 1. The standard InChI is InChI=1S/C32H26ClF2N3O3/c1-21-30(20-37(19-22-9-11-25(34)12-10-22)31(39)23-5-3-7-26(35)17-23)32(41-29-15-13-28(40-2)14-16-29)38(36-21)27-8-4-6-24(33)18-27/h3-18H,19-20H2,1-2H3. The van der Waals surface area contributed by atoms with E-state index < -0.39 is 11.7 Å². The molecule has 208 valence electrons. The lowest BCUT2D eigenvalue weighted by Crippen LogP contribution is -2.30. The number of methoxy groups -OCH3 is 1. The van der Waals surface area contributed by atoms with E-state index in [-0.39, 0.29) is 24.5 Å². The molecule has 1 aromatic heterocycles. The van der Waals surface area contributed by atoms with E-state index in [0.29, 0.717) is 44.9 Å². The van der Waals surface area contributed by atoms with Crippen molar-refractivity contribution in [3.8, 4) is 23.1 Å². The molecule has 0 bridgehead atoms.